The number of halogens is 1. The van der Waals surface area contributed by atoms with Gasteiger partial charge >= 0.3 is 0 Å². The summed E-state index contributed by atoms with van der Waals surface area (Å²) in [5, 5.41) is 7.93. The lowest BCUT2D eigenvalue weighted by Crippen LogP contribution is -2.44. The van der Waals surface area contributed by atoms with E-state index in [2.05, 4.69) is 15.6 Å². The smallest absolute Gasteiger partial charge is 0.266 e. The number of amides is 1. The standard InChI is InChI=1S/C25H21FN4O3/c26-18-10-5-4-9-16(18)17-13-23(33)30(20-11-6-12-21(31)24(17)20)29-19-14-22(32)27-28-25(19)15-7-2-1-3-8-15/h1-5,7-10,14,17H,6,11-13H2,(H2,27,29,32)/t17-/m1/s1. The number of nitrogens with zero attached hydrogens (tertiary/aromatic N) is 2. The van der Waals surface area contributed by atoms with Crippen LogP contribution >= 0.6 is 0 Å². The minimum absolute atomic E-state index is 0.0597. The van der Waals surface area contributed by atoms with E-state index in [-0.39, 0.29) is 18.1 Å². The predicted molar refractivity (Wildman–Crippen MR) is 120 cm³/mol. The van der Waals surface area contributed by atoms with Gasteiger partial charge in [-0.2, -0.15) is 5.10 Å². The molecule has 1 aliphatic heterocycles. The molecule has 3 aromatic rings. The molecule has 2 N–H and O–H groups in total. The Hall–Kier alpha value is -4.07. The first-order valence-electron chi connectivity index (χ1n) is 10.8. The van der Waals surface area contributed by atoms with E-state index in [0.29, 0.717) is 47.5 Å². The van der Waals surface area contributed by atoms with Crippen molar-refractivity contribution in [3.05, 3.63) is 93.7 Å². The molecule has 0 radical (unpaired) electrons. The summed E-state index contributed by atoms with van der Waals surface area (Å²) in [6.07, 6.45) is 1.37. The lowest BCUT2D eigenvalue weighted by Gasteiger charge is -2.38. The predicted octanol–water partition coefficient (Wildman–Crippen LogP) is 3.93. The van der Waals surface area contributed by atoms with Gasteiger partial charge in [0.2, 0.25) is 5.91 Å². The van der Waals surface area contributed by atoms with Gasteiger partial charge in [0.15, 0.2) is 5.78 Å². The first kappa shape index (κ1) is 20.8. The third-order valence-corrected chi connectivity index (χ3v) is 6.04. The van der Waals surface area contributed by atoms with Gasteiger partial charge < -0.3 is 0 Å². The molecule has 8 heteroatoms. The third kappa shape index (κ3) is 3.84. The zero-order chi connectivity index (χ0) is 22.9. The third-order valence-electron chi connectivity index (χ3n) is 6.04. The highest BCUT2D eigenvalue weighted by Gasteiger charge is 2.40. The molecule has 5 rings (SSSR count). The fraction of sp³-hybridized carbons (Fsp3) is 0.200. The number of benzene rings is 2. The first-order valence-corrected chi connectivity index (χ1v) is 10.8. The Morgan fingerprint density at radius 2 is 1.76 bits per heavy atom. The minimum atomic E-state index is -0.634. The number of hydrogen-bond donors (Lipinski definition) is 2. The lowest BCUT2D eigenvalue weighted by atomic mass is 9.77. The Kier molecular flexibility index (Phi) is 5.34. The van der Waals surface area contributed by atoms with Crippen LogP contribution < -0.4 is 11.0 Å². The number of Topliss-reactive ketones (excluding diaryl/α,β-unsaturated/α-hetero) is 1. The molecule has 1 aliphatic carbocycles. The number of ketones is 1. The van der Waals surface area contributed by atoms with E-state index in [1.165, 1.54) is 17.1 Å². The fourth-order valence-corrected chi connectivity index (χ4v) is 4.57. The Labute approximate surface area is 188 Å². The van der Waals surface area contributed by atoms with Gasteiger partial charge in [-0.1, -0.05) is 48.5 Å². The molecule has 7 nitrogen and oxygen atoms in total. The molecule has 2 heterocycles. The summed E-state index contributed by atoms with van der Waals surface area (Å²) in [6, 6.07) is 16.8. The summed E-state index contributed by atoms with van der Waals surface area (Å²) in [7, 11) is 0. The zero-order valence-corrected chi connectivity index (χ0v) is 17.7. The summed E-state index contributed by atoms with van der Waals surface area (Å²) in [5.41, 5.74) is 5.49. The zero-order valence-electron chi connectivity index (χ0n) is 17.7. The molecule has 2 aromatic carbocycles. The molecular weight excluding hydrogens is 423 g/mol. The number of nitrogens with one attached hydrogen (secondary N) is 2. The van der Waals surface area contributed by atoms with Crippen molar-refractivity contribution >= 4 is 17.4 Å². The van der Waals surface area contributed by atoms with E-state index in [0.717, 1.165) is 5.56 Å². The molecule has 0 spiro atoms. The molecule has 0 bridgehead atoms. The number of carbonyl (C=O) groups is 2. The molecule has 33 heavy (non-hydrogen) atoms. The number of hydrazine groups is 1. The van der Waals surface area contributed by atoms with Gasteiger partial charge in [-0.3, -0.25) is 19.8 Å². The van der Waals surface area contributed by atoms with E-state index in [1.54, 1.807) is 18.2 Å². The van der Waals surface area contributed by atoms with Crippen molar-refractivity contribution in [1.82, 2.24) is 15.2 Å². The maximum Gasteiger partial charge on any atom is 0.266 e. The van der Waals surface area contributed by atoms with E-state index in [4.69, 9.17) is 0 Å². The molecule has 1 amide bonds. The van der Waals surface area contributed by atoms with Crippen LogP contribution in [-0.4, -0.2) is 26.9 Å². The van der Waals surface area contributed by atoms with Crippen molar-refractivity contribution in [3.8, 4) is 11.3 Å². The van der Waals surface area contributed by atoms with E-state index >= 15 is 0 Å². The highest BCUT2D eigenvalue weighted by atomic mass is 19.1. The topological polar surface area (TPSA) is 95.2 Å². The van der Waals surface area contributed by atoms with Crippen LogP contribution in [0.3, 0.4) is 0 Å². The largest absolute Gasteiger partial charge is 0.294 e. The molecular formula is C25H21FN4O3. The van der Waals surface area contributed by atoms with E-state index in [9.17, 15) is 18.8 Å². The summed E-state index contributed by atoms with van der Waals surface area (Å²) in [5.74, 6) is -1.47. The number of aromatic nitrogens is 2. The van der Waals surface area contributed by atoms with Crippen LogP contribution in [0.25, 0.3) is 11.3 Å². The summed E-state index contributed by atoms with van der Waals surface area (Å²) >= 11 is 0. The van der Waals surface area contributed by atoms with E-state index < -0.39 is 17.3 Å². The number of anilines is 1. The summed E-state index contributed by atoms with van der Waals surface area (Å²) in [4.78, 5) is 38.3. The van der Waals surface area contributed by atoms with Gasteiger partial charge in [0.25, 0.3) is 5.56 Å². The second kappa shape index (κ2) is 8.46. The van der Waals surface area contributed by atoms with Gasteiger partial charge in [0.05, 0.1) is 11.4 Å². The highest BCUT2D eigenvalue weighted by Crippen LogP contribution is 2.42. The van der Waals surface area contributed by atoms with Crippen molar-refractivity contribution in [2.24, 2.45) is 0 Å². The Morgan fingerprint density at radius 1 is 1.00 bits per heavy atom. The average Bonchev–Trinajstić information content (AvgIpc) is 2.82. The number of allylic oxidation sites excluding steroid dienone is 2. The monoisotopic (exact) mass is 444 g/mol. The van der Waals surface area contributed by atoms with Crippen LogP contribution in [0.1, 0.15) is 37.2 Å². The molecule has 0 unspecified atom stereocenters. The van der Waals surface area contributed by atoms with Crippen molar-refractivity contribution in [3.63, 3.8) is 0 Å². The van der Waals surface area contributed by atoms with Gasteiger partial charge in [0.1, 0.15) is 11.5 Å². The Morgan fingerprint density at radius 3 is 2.55 bits per heavy atom. The maximum atomic E-state index is 14.6. The second-order valence-corrected chi connectivity index (χ2v) is 8.12. The summed E-state index contributed by atoms with van der Waals surface area (Å²) < 4.78 is 14.6. The molecule has 0 saturated heterocycles. The SMILES string of the molecule is O=C1CCCC2=C1[C@@H](c1ccccc1F)CC(=O)N2Nc1cc(=O)[nH]nc1-c1ccccc1. The van der Waals surface area contributed by atoms with Crippen LogP contribution in [0.5, 0.6) is 0 Å². The molecule has 2 aliphatic rings. The summed E-state index contributed by atoms with van der Waals surface area (Å²) in [6.45, 7) is 0. The van der Waals surface area contributed by atoms with Gasteiger partial charge in [-0.15, -0.1) is 0 Å². The number of H-pyrrole nitrogens is 1. The van der Waals surface area contributed by atoms with Crippen LogP contribution in [0.15, 0.2) is 76.7 Å². The van der Waals surface area contributed by atoms with Gasteiger partial charge in [-0.25, -0.2) is 14.5 Å². The normalized spacial score (nSPS) is 18.3. The average molecular weight is 444 g/mol. The van der Waals surface area contributed by atoms with Crippen LogP contribution in [0, 0.1) is 5.82 Å². The first-order chi connectivity index (χ1) is 16.0. The van der Waals surface area contributed by atoms with Crippen molar-refractivity contribution in [2.75, 3.05) is 5.43 Å². The fourth-order valence-electron chi connectivity index (χ4n) is 4.57. The molecule has 1 atom stereocenters. The lowest BCUT2D eigenvalue weighted by molar-refractivity contribution is -0.130. The van der Waals surface area contributed by atoms with Gasteiger partial charge in [-0.05, 0) is 24.5 Å². The van der Waals surface area contributed by atoms with Crippen molar-refractivity contribution < 1.29 is 14.0 Å². The number of hydrogen-bond acceptors (Lipinski definition) is 5. The number of rotatable bonds is 4. The number of aromatic amines is 1. The van der Waals surface area contributed by atoms with Crippen molar-refractivity contribution in [1.29, 1.82) is 0 Å². The second-order valence-electron chi connectivity index (χ2n) is 8.12. The Balaban J connectivity index is 1.60. The maximum absolute atomic E-state index is 14.6. The molecule has 166 valence electrons. The quantitative estimate of drug-likeness (QED) is 0.636. The Bertz CT molecular complexity index is 1330. The van der Waals surface area contributed by atoms with Crippen molar-refractivity contribution in [2.45, 2.75) is 31.6 Å². The van der Waals surface area contributed by atoms with Crippen LogP contribution in [0.2, 0.25) is 0 Å². The number of carbonyl (C=O) groups excluding carboxylic acids is 2. The highest BCUT2D eigenvalue weighted by molar-refractivity contribution is 6.01. The molecule has 0 fully saturated rings. The van der Waals surface area contributed by atoms with Crippen LogP contribution in [-0.2, 0) is 9.59 Å². The molecule has 1 aromatic heterocycles. The van der Waals surface area contributed by atoms with Crippen LogP contribution in [0.4, 0.5) is 10.1 Å². The molecule has 0 saturated carbocycles. The minimum Gasteiger partial charge on any atom is -0.294 e. The van der Waals surface area contributed by atoms with Gasteiger partial charge in [0, 0.05) is 36.0 Å². The van der Waals surface area contributed by atoms with E-state index in [1.807, 2.05) is 30.3 Å².